The van der Waals surface area contributed by atoms with E-state index in [0.29, 0.717) is 16.9 Å². The zero-order chi connectivity index (χ0) is 11.5. The number of nitrogens with zero attached hydrogens (tertiary/aromatic N) is 2. The van der Waals surface area contributed by atoms with E-state index in [9.17, 15) is 0 Å². The lowest BCUT2D eigenvalue weighted by Crippen LogP contribution is -2.17. The lowest BCUT2D eigenvalue weighted by atomic mass is 10.2. The molecule has 1 saturated carbocycles. The molecule has 2 atom stereocenters. The second kappa shape index (κ2) is 5.10. The topological polar surface area (TPSA) is 63.8 Å². The molecular formula is C10H15ClN4S. The monoisotopic (exact) mass is 258 g/mol. The Morgan fingerprint density at radius 2 is 2.38 bits per heavy atom. The van der Waals surface area contributed by atoms with E-state index in [1.54, 1.807) is 0 Å². The fraction of sp³-hybridized carbons (Fsp3) is 0.600. The van der Waals surface area contributed by atoms with Crippen LogP contribution >= 0.6 is 23.4 Å². The zero-order valence-electron chi connectivity index (χ0n) is 9.11. The van der Waals surface area contributed by atoms with Crippen molar-refractivity contribution >= 4 is 35.1 Å². The van der Waals surface area contributed by atoms with Crippen LogP contribution in [0, 0.1) is 0 Å². The van der Waals surface area contributed by atoms with Crippen LogP contribution in [0.25, 0.3) is 0 Å². The van der Waals surface area contributed by atoms with E-state index in [1.165, 1.54) is 12.6 Å². The van der Waals surface area contributed by atoms with Crippen LogP contribution in [0.15, 0.2) is 6.20 Å². The van der Waals surface area contributed by atoms with Gasteiger partial charge in [-0.2, -0.15) is 16.7 Å². The van der Waals surface area contributed by atoms with Gasteiger partial charge in [0.2, 0.25) is 5.95 Å². The summed E-state index contributed by atoms with van der Waals surface area (Å²) in [7, 11) is 0. The molecule has 0 radical (unpaired) electrons. The number of nitrogens with one attached hydrogen (secondary N) is 1. The van der Waals surface area contributed by atoms with Crippen molar-refractivity contribution in [2.75, 3.05) is 17.3 Å². The number of nitrogens with two attached hydrogens (primary N) is 1. The fourth-order valence-electron chi connectivity index (χ4n) is 1.96. The highest BCUT2D eigenvalue weighted by molar-refractivity contribution is 7.99. The molecule has 4 nitrogen and oxygen atoms in total. The van der Waals surface area contributed by atoms with E-state index in [2.05, 4.69) is 21.5 Å². The molecule has 0 amide bonds. The van der Waals surface area contributed by atoms with Crippen molar-refractivity contribution in [2.24, 2.45) is 0 Å². The summed E-state index contributed by atoms with van der Waals surface area (Å²) in [5, 5.41) is 4.61. The minimum Gasteiger partial charge on any atom is -0.368 e. The lowest BCUT2D eigenvalue weighted by Gasteiger charge is -2.14. The van der Waals surface area contributed by atoms with Crippen molar-refractivity contribution in [1.29, 1.82) is 0 Å². The summed E-state index contributed by atoms with van der Waals surface area (Å²) in [6.07, 6.45) is 7.25. The van der Waals surface area contributed by atoms with E-state index in [4.69, 9.17) is 17.3 Å². The van der Waals surface area contributed by atoms with E-state index >= 15 is 0 Å². The molecule has 6 heteroatoms. The summed E-state index contributed by atoms with van der Waals surface area (Å²) >= 11 is 7.92. The minimum absolute atomic E-state index is 0.256. The maximum atomic E-state index is 6.00. The van der Waals surface area contributed by atoms with Gasteiger partial charge in [0.1, 0.15) is 5.02 Å². The van der Waals surface area contributed by atoms with Crippen LogP contribution in [0.4, 0.5) is 11.8 Å². The Morgan fingerprint density at radius 3 is 3.06 bits per heavy atom. The van der Waals surface area contributed by atoms with E-state index in [-0.39, 0.29) is 5.95 Å². The third kappa shape index (κ3) is 2.71. The standard InChI is InChI=1S/C10H15ClN4S/c1-16-7-3-2-6(4-7)14-9-8(11)5-13-10(12)15-9/h5-7H,2-4H2,1H3,(H3,12,13,14,15). The number of thioether (sulfide) groups is 1. The molecule has 16 heavy (non-hydrogen) atoms. The van der Waals surface area contributed by atoms with Gasteiger partial charge in [-0.25, -0.2) is 4.98 Å². The van der Waals surface area contributed by atoms with Gasteiger partial charge in [-0.15, -0.1) is 0 Å². The highest BCUT2D eigenvalue weighted by Crippen LogP contribution is 2.31. The van der Waals surface area contributed by atoms with Gasteiger partial charge >= 0.3 is 0 Å². The van der Waals surface area contributed by atoms with Gasteiger partial charge in [-0.3, -0.25) is 0 Å². The molecule has 1 aromatic heterocycles. The van der Waals surface area contributed by atoms with Crippen molar-refractivity contribution < 1.29 is 0 Å². The first-order valence-corrected chi connectivity index (χ1v) is 6.93. The van der Waals surface area contributed by atoms with Gasteiger partial charge in [-0.05, 0) is 25.5 Å². The van der Waals surface area contributed by atoms with Crippen molar-refractivity contribution in [1.82, 2.24) is 9.97 Å². The van der Waals surface area contributed by atoms with Crippen LogP contribution in [0.5, 0.6) is 0 Å². The molecule has 3 N–H and O–H groups in total. The predicted octanol–water partition coefficient (Wildman–Crippen LogP) is 2.41. The molecule has 1 aliphatic carbocycles. The van der Waals surface area contributed by atoms with Crippen LogP contribution in [0.2, 0.25) is 5.02 Å². The molecule has 1 fully saturated rings. The van der Waals surface area contributed by atoms with Crippen LogP contribution in [-0.2, 0) is 0 Å². The second-order valence-electron chi connectivity index (χ2n) is 3.94. The summed E-state index contributed by atoms with van der Waals surface area (Å²) in [4.78, 5) is 7.94. The van der Waals surface area contributed by atoms with Gasteiger partial charge in [0, 0.05) is 11.3 Å². The predicted molar refractivity (Wildman–Crippen MR) is 70.0 cm³/mol. The average molecular weight is 259 g/mol. The number of rotatable bonds is 3. The molecule has 2 rings (SSSR count). The van der Waals surface area contributed by atoms with E-state index in [1.807, 2.05) is 11.8 Å². The third-order valence-electron chi connectivity index (χ3n) is 2.82. The van der Waals surface area contributed by atoms with Gasteiger partial charge in [0.15, 0.2) is 5.82 Å². The van der Waals surface area contributed by atoms with Gasteiger partial charge in [0.05, 0.1) is 6.20 Å². The highest BCUT2D eigenvalue weighted by Gasteiger charge is 2.24. The Morgan fingerprint density at radius 1 is 1.56 bits per heavy atom. The summed E-state index contributed by atoms with van der Waals surface area (Å²) in [6, 6.07) is 0.448. The highest BCUT2D eigenvalue weighted by atomic mass is 35.5. The van der Waals surface area contributed by atoms with Crippen LogP contribution < -0.4 is 11.1 Å². The molecule has 0 aliphatic heterocycles. The normalized spacial score (nSPS) is 24.6. The number of aromatic nitrogens is 2. The van der Waals surface area contributed by atoms with Crippen molar-refractivity contribution in [3.05, 3.63) is 11.2 Å². The zero-order valence-corrected chi connectivity index (χ0v) is 10.7. The molecule has 0 spiro atoms. The smallest absolute Gasteiger partial charge is 0.222 e. The molecule has 1 heterocycles. The van der Waals surface area contributed by atoms with Crippen molar-refractivity contribution in [3.8, 4) is 0 Å². The largest absolute Gasteiger partial charge is 0.368 e. The van der Waals surface area contributed by atoms with E-state index in [0.717, 1.165) is 18.1 Å². The summed E-state index contributed by atoms with van der Waals surface area (Å²) in [5.41, 5.74) is 5.53. The average Bonchev–Trinajstić information content (AvgIpc) is 2.71. The molecule has 0 aromatic carbocycles. The Balaban J connectivity index is 2.01. The van der Waals surface area contributed by atoms with Crippen molar-refractivity contribution in [2.45, 2.75) is 30.6 Å². The number of nitrogen functional groups attached to an aromatic ring is 1. The first-order chi connectivity index (χ1) is 7.69. The van der Waals surface area contributed by atoms with Gasteiger partial charge < -0.3 is 11.1 Å². The molecule has 1 aliphatic rings. The summed E-state index contributed by atoms with van der Waals surface area (Å²) in [5.74, 6) is 0.909. The molecule has 0 bridgehead atoms. The van der Waals surface area contributed by atoms with Crippen molar-refractivity contribution in [3.63, 3.8) is 0 Å². The SMILES string of the molecule is CSC1CCC(Nc2nc(N)ncc2Cl)C1. The summed E-state index contributed by atoms with van der Waals surface area (Å²) in [6.45, 7) is 0. The number of hydrogen-bond acceptors (Lipinski definition) is 5. The Bertz CT molecular complexity index is 374. The first-order valence-electron chi connectivity index (χ1n) is 5.26. The maximum absolute atomic E-state index is 6.00. The van der Waals surface area contributed by atoms with E-state index < -0.39 is 0 Å². The third-order valence-corrected chi connectivity index (χ3v) is 4.19. The van der Waals surface area contributed by atoms with Crippen LogP contribution in [0.1, 0.15) is 19.3 Å². The first kappa shape index (κ1) is 11.8. The Hall–Kier alpha value is -0.680. The maximum Gasteiger partial charge on any atom is 0.222 e. The van der Waals surface area contributed by atoms with Crippen LogP contribution in [0.3, 0.4) is 0 Å². The number of anilines is 2. The Kier molecular flexibility index (Phi) is 3.76. The summed E-state index contributed by atoms with van der Waals surface area (Å²) < 4.78 is 0. The fourth-order valence-corrected chi connectivity index (χ4v) is 2.90. The Labute approximate surface area is 104 Å². The molecule has 1 aromatic rings. The van der Waals surface area contributed by atoms with Crippen LogP contribution in [-0.4, -0.2) is 27.5 Å². The second-order valence-corrected chi connectivity index (χ2v) is 5.48. The van der Waals surface area contributed by atoms with Gasteiger partial charge in [-0.1, -0.05) is 11.6 Å². The number of hydrogen-bond donors (Lipinski definition) is 2. The lowest BCUT2D eigenvalue weighted by molar-refractivity contribution is 0.752. The molecule has 88 valence electrons. The van der Waals surface area contributed by atoms with Gasteiger partial charge in [0.25, 0.3) is 0 Å². The minimum atomic E-state index is 0.256. The number of halogens is 1. The quantitative estimate of drug-likeness (QED) is 0.872. The molecule has 2 unspecified atom stereocenters. The molecular weight excluding hydrogens is 244 g/mol. The molecule has 0 saturated heterocycles.